The summed E-state index contributed by atoms with van der Waals surface area (Å²) in [5.74, 6) is -0.00878. The third-order valence-electron chi connectivity index (χ3n) is 2.22. The zero-order valence-electron chi connectivity index (χ0n) is 10.4. The van der Waals surface area contributed by atoms with E-state index in [1.807, 2.05) is 0 Å². The van der Waals surface area contributed by atoms with Crippen LogP contribution in [0.4, 0.5) is 0 Å². The zero-order chi connectivity index (χ0) is 14.5. The van der Waals surface area contributed by atoms with E-state index in [1.165, 1.54) is 20.3 Å². The number of benzene rings is 1. The number of hydrogen-bond donors (Lipinski definition) is 0. The van der Waals surface area contributed by atoms with Crippen LogP contribution in [0.25, 0.3) is 0 Å². The Labute approximate surface area is 121 Å². The maximum absolute atomic E-state index is 11.7. The molecule has 0 fully saturated rings. The largest absolute Gasteiger partial charge is 0.486 e. The molecule has 1 aromatic carbocycles. The summed E-state index contributed by atoms with van der Waals surface area (Å²) in [6, 6.07) is 4.62. The maximum Gasteiger partial charge on any atom is 0.337 e. The third-order valence-corrected chi connectivity index (χ3v) is 4.81. The predicted molar refractivity (Wildman–Crippen MR) is 73.5 cm³/mol. The zero-order valence-corrected chi connectivity index (χ0v) is 12.8. The lowest BCUT2D eigenvalue weighted by Crippen LogP contribution is -2.16. The van der Waals surface area contributed by atoms with E-state index in [4.69, 9.17) is 27.9 Å². The maximum atomic E-state index is 11.7. The third kappa shape index (κ3) is 5.13. The average molecular weight is 327 g/mol. The standard InChI is InChI=1S/C11H13Cl2O5P/c1-16-19(15,17-2)7-8(14)6-18-9-3-4-10(12)11(13)5-9/h3-5H,6-7H2,1-2H3. The fourth-order valence-electron chi connectivity index (χ4n) is 1.20. The van der Waals surface area contributed by atoms with Crippen LogP contribution in [0, 0.1) is 0 Å². The van der Waals surface area contributed by atoms with Crippen molar-refractivity contribution in [3.63, 3.8) is 0 Å². The van der Waals surface area contributed by atoms with Crippen molar-refractivity contribution < 1.29 is 23.1 Å². The summed E-state index contributed by atoms with van der Waals surface area (Å²) < 4.78 is 26.3. The number of Topliss-reactive ketones (excluding diaryl/α,β-unsaturated/α-hetero) is 1. The van der Waals surface area contributed by atoms with Gasteiger partial charge in [-0.05, 0) is 12.1 Å². The van der Waals surface area contributed by atoms with Crippen molar-refractivity contribution in [2.75, 3.05) is 27.0 Å². The van der Waals surface area contributed by atoms with Crippen LogP contribution in [0.3, 0.4) is 0 Å². The first-order chi connectivity index (χ1) is 8.90. The number of ether oxygens (including phenoxy) is 1. The predicted octanol–water partition coefficient (Wildman–Crippen LogP) is 3.43. The van der Waals surface area contributed by atoms with Crippen LogP contribution < -0.4 is 4.74 Å². The fraction of sp³-hybridized carbons (Fsp3) is 0.364. The second-order valence-electron chi connectivity index (χ2n) is 3.54. The summed E-state index contributed by atoms with van der Waals surface area (Å²) in [5, 5.41) is 0.717. The summed E-state index contributed by atoms with van der Waals surface area (Å²) in [6.07, 6.45) is -0.346. The molecule has 0 atom stereocenters. The van der Waals surface area contributed by atoms with Crippen molar-refractivity contribution in [1.29, 1.82) is 0 Å². The highest BCUT2D eigenvalue weighted by atomic mass is 35.5. The molecule has 0 aliphatic heterocycles. The van der Waals surface area contributed by atoms with E-state index in [2.05, 4.69) is 9.05 Å². The van der Waals surface area contributed by atoms with Crippen molar-refractivity contribution in [3.8, 4) is 5.75 Å². The van der Waals surface area contributed by atoms with E-state index in [-0.39, 0.29) is 12.8 Å². The summed E-state index contributed by atoms with van der Waals surface area (Å²) in [4.78, 5) is 11.6. The van der Waals surface area contributed by atoms with Gasteiger partial charge in [0.2, 0.25) is 0 Å². The molecule has 5 nitrogen and oxygen atoms in total. The Hall–Kier alpha value is -0.580. The molecule has 0 N–H and O–H groups in total. The quantitative estimate of drug-likeness (QED) is 0.718. The van der Waals surface area contributed by atoms with Crippen LogP contribution >= 0.6 is 30.8 Å². The van der Waals surface area contributed by atoms with Gasteiger partial charge in [0.25, 0.3) is 0 Å². The Bertz CT molecular complexity index is 498. The van der Waals surface area contributed by atoms with E-state index in [1.54, 1.807) is 12.1 Å². The first kappa shape index (κ1) is 16.5. The van der Waals surface area contributed by atoms with Crippen LogP contribution in [0.5, 0.6) is 5.75 Å². The minimum atomic E-state index is -3.35. The molecule has 106 valence electrons. The van der Waals surface area contributed by atoms with Crippen LogP contribution in [0.1, 0.15) is 0 Å². The van der Waals surface area contributed by atoms with Gasteiger partial charge in [0.05, 0.1) is 10.0 Å². The molecule has 0 aliphatic rings. The number of halogens is 2. The van der Waals surface area contributed by atoms with Crippen LogP contribution in [-0.2, 0) is 18.4 Å². The monoisotopic (exact) mass is 326 g/mol. The summed E-state index contributed by atoms with van der Waals surface area (Å²) >= 11 is 11.5. The highest BCUT2D eigenvalue weighted by Gasteiger charge is 2.25. The number of carbonyl (C=O) groups excluding carboxylic acids is 1. The van der Waals surface area contributed by atoms with Crippen LogP contribution in [0.15, 0.2) is 18.2 Å². The number of carbonyl (C=O) groups is 1. The van der Waals surface area contributed by atoms with Crippen LogP contribution in [-0.4, -0.2) is 32.8 Å². The lowest BCUT2D eigenvalue weighted by molar-refractivity contribution is -0.118. The second kappa shape index (κ2) is 7.27. The number of hydrogen-bond acceptors (Lipinski definition) is 5. The van der Waals surface area contributed by atoms with Gasteiger partial charge in [-0.1, -0.05) is 23.2 Å². The van der Waals surface area contributed by atoms with Gasteiger partial charge in [-0.3, -0.25) is 9.36 Å². The fourth-order valence-corrected chi connectivity index (χ4v) is 2.41. The molecule has 0 saturated heterocycles. The molecule has 1 rings (SSSR count). The lowest BCUT2D eigenvalue weighted by atomic mass is 10.3. The van der Waals surface area contributed by atoms with Crippen molar-refractivity contribution in [1.82, 2.24) is 0 Å². The molecular weight excluding hydrogens is 314 g/mol. The molecule has 0 radical (unpaired) electrons. The smallest absolute Gasteiger partial charge is 0.337 e. The Morgan fingerprint density at radius 3 is 2.37 bits per heavy atom. The number of ketones is 1. The molecule has 0 aromatic heterocycles. The van der Waals surface area contributed by atoms with Crippen LogP contribution in [0.2, 0.25) is 10.0 Å². The second-order valence-corrected chi connectivity index (χ2v) is 6.62. The molecule has 0 heterocycles. The average Bonchev–Trinajstić information content (AvgIpc) is 2.40. The summed E-state index contributed by atoms with van der Waals surface area (Å²) in [7, 11) is -0.913. The van der Waals surface area contributed by atoms with E-state index < -0.39 is 13.4 Å². The van der Waals surface area contributed by atoms with Gasteiger partial charge in [0.1, 0.15) is 18.5 Å². The first-order valence-corrected chi connectivity index (χ1v) is 7.68. The Morgan fingerprint density at radius 1 is 1.21 bits per heavy atom. The van der Waals surface area contributed by atoms with Crippen molar-refractivity contribution in [2.24, 2.45) is 0 Å². The molecule has 19 heavy (non-hydrogen) atoms. The first-order valence-electron chi connectivity index (χ1n) is 5.20. The SMILES string of the molecule is COP(=O)(CC(=O)COc1ccc(Cl)c(Cl)c1)OC. The van der Waals surface area contributed by atoms with Gasteiger partial charge >= 0.3 is 7.60 Å². The van der Waals surface area contributed by atoms with Gasteiger partial charge < -0.3 is 13.8 Å². The topological polar surface area (TPSA) is 61.8 Å². The Morgan fingerprint density at radius 2 is 1.84 bits per heavy atom. The van der Waals surface area contributed by atoms with Crippen molar-refractivity contribution in [3.05, 3.63) is 28.2 Å². The molecule has 0 saturated carbocycles. The minimum absolute atomic E-state index is 0.255. The van der Waals surface area contributed by atoms with Gasteiger partial charge in [0.15, 0.2) is 5.78 Å². The molecule has 0 spiro atoms. The van der Waals surface area contributed by atoms with Crippen molar-refractivity contribution in [2.45, 2.75) is 0 Å². The number of rotatable bonds is 7. The minimum Gasteiger partial charge on any atom is -0.486 e. The normalized spacial score (nSPS) is 11.4. The molecule has 0 amide bonds. The van der Waals surface area contributed by atoms with E-state index >= 15 is 0 Å². The van der Waals surface area contributed by atoms with Gasteiger partial charge in [-0.2, -0.15) is 0 Å². The molecule has 0 bridgehead atoms. The van der Waals surface area contributed by atoms with Gasteiger partial charge in [-0.25, -0.2) is 0 Å². The lowest BCUT2D eigenvalue weighted by Gasteiger charge is -2.13. The Kier molecular flexibility index (Phi) is 6.30. The molecular formula is C11H13Cl2O5P. The molecule has 1 aromatic rings. The molecule has 0 unspecified atom stereocenters. The van der Waals surface area contributed by atoms with Crippen molar-refractivity contribution >= 4 is 36.6 Å². The molecule has 8 heteroatoms. The molecule has 0 aliphatic carbocycles. The van der Waals surface area contributed by atoms with E-state index in [0.29, 0.717) is 15.8 Å². The van der Waals surface area contributed by atoms with Gasteiger partial charge in [0, 0.05) is 20.3 Å². The Balaban J connectivity index is 2.55. The summed E-state index contributed by atoms with van der Waals surface area (Å²) in [5.41, 5.74) is 0. The van der Waals surface area contributed by atoms with E-state index in [9.17, 15) is 9.36 Å². The summed E-state index contributed by atoms with van der Waals surface area (Å²) in [6.45, 7) is -0.255. The van der Waals surface area contributed by atoms with E-state index in [0.717, 1.165) is 0 Å². The highest BCUT2D eigenvalue weighted by molar-refractivity contribution is 7.54. The van der Waals surface area contributed by atoms with Gasteiger partial charge in [-0.15, -0.1) is 0 Å². The highest BCUT2D eigenvalue weighted by Crippen LogP contribution is 2.45.